The summed E-state index contributed by atoms with van der Waals surface area (Å²) in [5.41, 5.74) is 0. The van der Waals surface area contributed by atoms with Crippen LogP contribution in [-0.2, 0) is 4.74 Å². The molecule has 0 amide bonds. The van der Waals surface area contributed by atoms with Crippen molar-refractivity contribution in [2.75, 3.05) is 19.0 Å². The molecular weight excluding hydrogens is 244 g/mol. The molecule has 0 spiro atoms. The predicted octanol–water partition coefficient (Wildman–Crippen LogP) is 1.75. The van der Waals surface area contributed by atoms with Crippen LogP contribution in [0.25, 0.3) is 4.96 Å². The van der Waals surface area contributed by atoms with Crippen molar-refractivity contribution in [3.8, 4) is 0 Å². The zero-order chi connectivity index (χ0) is 12.4. The zero-order valence-corrected chi connectivity index (χ0v) is 10.2. The summed E-state index contributed by atoms with van der Waals surface area (Å²) in [6.45, 7) is 2.34. The Kier molecular flexibility index (Phi) is 3.25. The Morgan fingerprint density at radius 3 is 3.18 bits per heavy atom. The van der Waals surface area contributed by atoms with Crippen LogP contribution in [0.2, 0.25) is 0 Å². The van der Waals surface area contributed by atoms with Crippen LogP contribution >= 0.6 is 11.3 Å². The van der Waals surface area contributed by atoms with Crippen molar-refractivity contribution >= 4 is 27.9 Å². The van der Waals surface area contributed by atoms with Crippen LogP contribution in [0, 0.1) is 10.1 Å². The molecule has 17 heavy (non-hydrogen) atoms. The van der Waals surface area contributed by atoms with Crippen LogP contribution in [0.1, 0.15) is 6.92 Å². The van der Waals surface area contributed by atoms with E-state index in [1.165, 1.54) is 15.7 Å². The molecule has 0 unspecified atom stereocenters. The van der Waals surface area contributed by atoms with E-state index >= 15 is 0 Å². The van der Waals surface area contributed by atoms with Crippen LogP contribution in [0.4, 0.5) is 11.6 Å². The lowest BCUT2D eigenvalue weighted by atomic mass is 10.3. The fraction of sp³-hybridized carbons (Fsp3) is 0.444. The first kappa shape index (κ1) is 11.8. The van der Waals surface area contributed by atoms with Crippen LogP contribution in [0.5, 0.6) is 0 Å². The van der Waals surface area contributed by atoms with E-state index in [2.05, 4.69) is 10.3 Å². The third kappa shape index (κ3) is 2.22. The maximum atomic E-state index is 11.0. The van der Waals surface area contributed by atoms with Gasteiger partial charge in [-0.2, -0.15) is 9.38 Å². The quantitative estimate of drug-likeness (QED) is 0.651. The van der Waals surface area contributed by atoms with E-state index in [1.54, 1.807) is 18.7 Å². The number of nitro groups is 1. The average molecular weight is 256 g/mol. The monoisotopic (exact) mass is 256 g/mol. The van der Waals surface area contributed by atoms with Gasteiger partial charge in [-0.15, -0.1) is 0 Å². The Morgan fingerprint density at radius 1 is 1.76 bits per heavy atom. The van der Waals surface area contributed by atoms with Crippen molar-refractivity contribution in [3.63, 3.8) is 0 Å². The van der Waals surface area contributed by atoms with Crippen molar-refractivity contribution in [3.05, 3.63) is 21.7 Å². The van der Waals surface area contributed by atoms with E-state index in [4.69, 9.17) is 4.74 Å². The predicted molar refractivity (Wildman–Crippen MR) is 64.7 cm³/mol. The molecule has 1 atom stereocenters. The van der Waals surface area contributed by atoms with Gasteiger partial charge in [0, 0.05) is 18.5 Å². The molecule has 2 rings (SSSR count). The summed E-state index contributed by atoms with van der Waals surface area (Å²) >= 11 is 1.36. The van der Waals surface area contributed by atoms with E-state index in [1.807, 2.05) is 6.92 Å². The Labute approximate surface area is 101 Å². The van der Waals surface area contributed by atoms with E-state index in [-0.39, 0.29) is 17.7 Å². The molecule has 1 N–H and O–H groups in total. The molecule has 2 aromatic heterocycles. The van der Waals surface area contributed by atoms with Crippen molar-refractivity contribution in [1.29, 1.82) is 0 Å². The van der Waals surface area contributed by atoms with Crippen LogP contribution in [-0.4, -0.2) is 34.1 Å². The first-order chi connectivity index (χ1) is 8.13. The normalized spacial score (nSPS) is 12.8. The summed E-state index contributed by atoms with van der Waals surface area (Å²) in [5, 5.41) is 15.8. The molecule has 0 fully saturated rings. The van der Waals surface area contributed by atoms with Gasteiger partial charge in [0.15, 0.2) is 0 Å². The lowest BCUT2D eigenvalue weighted by Crippen LogP contribution is -2.21. The van der Waals surface area contributed by atoms with Crippen molar-refractivity contribution in [2.45, 2.75) is 13.0 Å². The van der Waals surface area contributed by atoms with Gasteiger partial charge in [0.2, 0.25) is 5.82 Å². The molecule has 0 saturated carbocycles. The Hall–Kier alpha value is -1.67. The summed E-state index contributed by atoms with van der Waals surface area (Å²) in [6.07, 6.45) is 1.64. The maximum Gasteiger partial charge on any atom is 0.372 e. The van der Waals surface area contributed by atoms with Crippen LogP contribution < -0.4 is 5.32 Å². The van der Waals surface area contributed by atoms with Gasteiger partial charge < -0.3 is 20.2 Å². The van der Waals surface area contributed by atoms with Crippen molar-refractivity contribution in [1.82, 2.24) is 9.38 Å². The lowest BCUT2D eigenvalue weighted by Gasteiger charge is -2.11. The number of anilines is 1. The lowest BCUT2D eigenvalue weighted by molar-refractivity contribution is -0.389. The number of rotatable bonds is 5. The maximum absolute atomic E-state index is 11.0. The molecule has 8 heteroatoms. The van der Waals surface area contributed by atoms with Crippen molar-refractivity contribution < 1.29 is 9.66 Å². The van der Waals surface area contributed by atoms with E-state index in [9.17, 15) is 10.1 Å². The number of methoxy groups -OCH3 is 1. The zero-order valence-electron chi connectivity index (χ0n) is 9.41. The standard InChI is InChI=1S/C9H12N4O3S/c1-6(5-16-2)10-7-8(13(14)15)12-3-4-17-9(12)11-7/h3-4,6,10H,5H2,1-2H3/t6-/m1/s1. The molecular formula is C9H12N4O3S. The average Bonchev–Trinajstić information content (AvgIpc) is 2.76. The first-order valence-corrected chi connectivity index (χ1v) is 5.87. The second-order valence-corrected chi connectivity index (χ2v) is 4.47. The van der Waals surface area contributed by atoms with Gasteiger partial charge in [-0.25, -0.2) is 0 Å². The highest BCUT2D eigenvalue weighted by atomic mass is 32.1. The number of nitrogens with zero attached hydrogens (tertiary/aromatic N) is 3. The molecule has 0 saturated heterocycles. The molecule has 0 aromatic carbocycles. The molecule has 0 aliphatic heterocycles. The number of ether oxygens (including phenoxy) is 1. The van der Waals surface area contributed by atoms with E-state index in [0.29, 0.717) is 11.6 Å². The number of hydrogen-bond donors (Lipinski definition) is 1. The number of nitrogens with one attached hydrogen (secondary N) is 1. The summed E-state index contributed by atoms with van der Waals surface area (Å²) < 4.78 is 6.43. The van der Waals surface area contributed by atoms with Crippen molar-refractivity contribution in [2.24, 2.45) is 0 Å². The summed E-state index contributed by atoms with van der Waals surface area (Å²) in [5.74, 6) is 0.246. The van der Waals surface area contributed by atoms with Gasteiger partial charge in [-0.1, -0.05) is 11.3 Å². The highest BCUT2D eigenvalue weighted by Crippen LogP contribution is 2.28. The molecule has 0 aliphatic rings. The van der Waals surface area contributed by atoms with Gasteiger partial charge >= 0.3 is 5.82 Å². The minimum atomic E-state index is -0.436. The third-order valence-corrected chi connectivity index (χ3v) is 2.97. The number of fused-ring (bicyclic) bond motifs is 1. The van der Waals surface area contributed by atoms with Crippen LogP contribution in [0.3, 0.4) is 0 Å². The highest BCUT2D eigenvalue weighted by molar-refractivity contribution is 7.15. The number of hydrogen-bond acceptors (Lipinski definition) is 6. The van der Waals surface area contributed by atoms with E-state index < -0.39 is 4.92 Å². The number of aromatic nitrogens is 2. The van der Waals surface area contributed by atoms with Gasteiger partial charge in [-0.05, 0) is 11.8 Å². The second-order valence-electron chi connectivity index (χ2n) is 3.60. The molecule has 7 nitrogen and oxygen atoms in total. The van der Waals surface area contributed by atoms with Gasteiger partial charge in [0.25, 0.3) is 4.96 Å². The van der Waals surface area contributed by atoms with Crippen LogP contribution in [0.15, 0.2) is 11.6 Å². The fourth-order valence-electron chi connectivity index (χ4n) is 1.57. The topological polar surface area (TPSA) is 81.7 Å². The largest absolute Gasteiger partial charge is 0.383 e. The molecule has 92 valence electrons. The van der Waals surface area contributed by atoms with E-state index in [0.717, 1.165) is 0 Å². The second kappa shape index (κ2) is 4.68. The minimum Gasteiger partial charge on any atom is -0.383 e. The Balaban J connectivity index is 2.35. The molecule has 0 radical (unpaired) electrons. The SMILES string of the molecule is COC[C@@H](C)Nc1nc2sccn2c1[N+](=O)[O-]. The summed E-state index contributed by atoms with van der Waals surface area (Å²) in [4.78, 5) is 15.4. The molecule has 2 heterocycles. The number of thiazole rings is 1. The fourth-order valence-corrected chi connectivity index (χ4v) is 2.28. The molecule has 2 aromatic rings. The Bertz CT molecular complexity index is 535. The summed E-state index contributed by atoms with van der Waals surface area (Å²) in [7, 11) is 1.58. The minimum absolute atomic E-state index is 0.0378. The smallest absolute Gasteiger partial charge is 0.372 e. The van der Waals surface area contributed by atoms with Gasteiger partial charge in [-0.3, -0.25) is 0 Å². The first-order valence-electron chi connectivity index (χ1n) is 4.99. The van der Waals surface area contributed by atoms with Gasteiger partial charge in [0.1, 0.15) is 6.20 Å². The summed E-state index contributed by atoms with van der Waals surface area (Å²) in [6, 6.07) is -0.0386. The Morgan fingerprint density at radius 2 is 2.53 bits per heavy atom. The highest BCUT2D eigenvalue weighted by Gasteiger charge is 2.24. The molecule has 0 aliphatic carbocycles. The third-order valence-electron chi connectivity index (χ3n) is 2.21. The van der Waals surface area contributed by atoms with Gasteiger partial charge in [0.05, 0.1) is 6.61 Å². The molecule has 0 bridgehead atoms. The number of imidazole rings is 1.